The Morgan fingerprint density at radius 2 is 1.73 bits per heavy atom. The van der Waals surface area contributed by atoms with Gasteiger partial charge in [0.2, 0.25) is 0 Å². The molecule has 0 spiro atoms. The molecule has 0 radical (unpaired) electrons. The predicted octanol–water partition coefficient (Wildman–Crippen LogP) is 3.77. The summed E-state index contributed by atoms with van der Waals surface area (Å²) in [7, 11) is 0. The second-order valence-corrected chi connectivity index (χ2v) is 10.0. The minimum Gasteiger partial charge on any atom is -0.352 e. The van der Waals surface area contributed by atoms with Crippen molar-refractivity contribution in [3.8, 4) is 5.69 Å². The van der Waals surface area contributed by atoms with Gasteiger partial charge < -0.3 is 15.1 Å². The summed E-state index contributed by atoms with van der Waals surface area (Å²) in [5.74, 6) is 1.82. The number of hydrogen-bond donors (Lipinski definition) is 1. The zero-order valence-electron chi connectivity index (χ0n) is 19.6. The number of urea groups is 1. The van der Waals surface area contributed by atoms with Crippen LogP contribution in [0.2, 0.25) is 0 Å². The lowest BCUT2D eigenvalue weighted by atomic mass is 10.1. The van der Waals surface area contributed by atoms with Crippen LogP contribution in [-0.4, -0.2) is 62.4 Å². The van der Waals surface area contributed by atoms with Crippen LogP contribution in [0.1, 0.15) is 51.0 Å². The first-order valence-electron chi connectivity index (χ1n) is 11.5. The molecule has 2 aliphatic rings. The number of carbonyl (C=O) groups is 1. The normalized spacial score (nSPS) is 17.0. The van der Waals surface area contributed by atoms with Crippen molar-refractivity contribution in [3.63, 3.8) is 0 Å². The number of anilines is 1. The number of fused-ring (bicyclic) bond motifs is 1. The molecule has 0 bridgehead atoms. The second-order valence-electron chi connectivity index (χ2n) is 10.0. The highest BCUT2D eigenvalue weighted by atomic mass is 19.1. The number of benzene rings is 1. The van der Waals surface area contributed by atoms with Crippen LogP contribution < -0.4 is 10.2 Å². The lowest BCUT2D eigenvalue weighted by Crippen LogP contribution is -2.55. The zero-order valence-corrected chi connectivity index (χ0v) is 19.6. The van der Waals surface area contributed by atoms with E-state index in [1.807, 2.05) is 32.6 Å². The molecule has 3 heterocycles. The Morgan fingerprint density at radius 3 is 2.33 bits per heavy atom. The van der Waals surface area contributed by atoms with Gasteiger partial charge in [-0.1, -0.05) is 0 Å². The van der Waals surface area contributed by atoms with Gasteiger partial charge >= 0.3 is 6.03 Å². The highest BCUT2D eigenvalue weighted by Gasteiger charge is 2.32. The maximum atomic E-state index is 13.5. The average molecular weight is 452 g/mol. The van der Waals surface area contributed by atoms with Gasteiger partial charge in [0.1, 0.15) is 17.5 Å². The maximum absolute atomic E-state index is 13.5. The van der Waals surface area contributed by atoms with Gasteiger partial charge in [0.05, 0.1) is 16.8 Å². The van der Waals surface area contributed by atoms with E-state index in [2.05, 4.69) is 10.2 Å². The topological polar surface area (TPSA) is 79.2 Å². The monoisotopic (exact) mass is 451 g/mol. The molecule has 1 aliphatic carbocycles. The van der Waals surface area contributed by atoms with Gasteiger partial charge in [0, 0.05) is 37.6 Å². The summed E-state index contributed by atoms with van der Waals surface area (Å²) in [6, 6.07) is 6.26. The third-order valence-corrected chi connectivity index (χ3v) is 6.06. The van der Waals surface area contributed by atoms with E-state index in [0.717, 1.165) is 46.9 Å². The van der Waals surface area contributed by atoms with Crippen LogP contribution in [0.3, 0.4) is 0 Å². The van der Waals surface area contributed by atoms with E-state index in [0.29, 0.717) is 32.1 Å². The molecule has 2 aromatic heterocycles. The second kappa shape index (κ2) is 7.97. The smallest absolute Gasteiger partial charge is 0.317 e. The van der Waals surface area contributed by atoms with Crippen LogP contribution >= 0.6 is 0 Å². The number of aryl methyl sites for hydroxylation is 1. The number of carbonyl (C=O) groups excluding carboxylic acids is 1. The molecule has 1 aliphatic heterocycles. The van der Waals surface area contributed by atoms with Crippen LogP contribution in [0.5, 0.6) is 0 Å². The molecule has 0 unspecified atom stereocenters. The number of nitrogens with zero attached hydrogens (tertiary/aromatic N) is 6. The summed E-state index contributed by atoms with van der Waals surface area (Å²) in [5.41, 5.74) is 2.08. The number of nitrogens with one attached hydrogen (secondary N) is 1. The fourth-order valence-electron chi connectivity index (χ4n) is 4.21. The first kappa shape index (κ1) is 21.6. The molecule has 1 saturated carbocycles. The number of hydrogen-bond acceptors (Lipinski definition) is 5. The fourth-order valence-corrected chi connectivity index (χ4v) is 4.21. The number of halogens is 1. The molecule has 1 aromatic carbocycles. The molecule has 2 fully saturated rings. The number of aromatic nitrogens is 4. The van der Waals surface area contributed by atoms with E-state index < -0.39 is 0 Å². The van der Waals surface area contributed by atoms with Gasteiger partial charge in [-0.05, 0) is 64.8 Å². The Morgan fingerprint density at radius 1 is 1.06 bits per heavy atom. The van der Waals surface area contributed by atoms with Gasteiger partial charge in [-0.3, -0.25) is 0 Å². The first-order chi connectivity index (χ1) is 15.7. The molecular formula is C24H30FN7O. The SMILES string of the molecule is Cc1nn(-c2ccc(F)cc2)c2nc(C3CC3)nc(N3CCN(C(=O)NC(C)(C)C)CC3)c12. The van der Waals surface area contributed by atoms with E-state index >= 15 is 0 Å². The Balaban J connectivity index is 1.48. The minimum absolute atomic E-state index is 0.0334. The van der Waals surface area contributed by atoms with E-state index in [-0.39, 0.29) is 17.4 Å². The zero-order chi connectivity index (χ0) is 23.3. The van der Waals surface area contributed by atoms with Gasteiger partial charge in [-0.2, -0.15) is 5.10 Å². The predicted molar refractivity (Wildman–Crippen MR) is 125 cm³/mol. The number of piperazine rings is 1. The fraction of sp³-hybridized carbons (Fsp3) is 0.500. The summed E-state index contributed by atoms with van der Waals surface area (Å²) >= 11 is 0. The van der Waals surface area contributed by atoms with Crippen molar-refractivity contribution in [3.05, 3.63) is 41.6 Å². The standard InChI is InChI=1S/C24H30FN7O/c1-15-19-21(30-11-13-31(14-12-30)23(33)28-24(2,3)4)26-20(16-5-6-16)27-22(19)32(29-15)18-9-7-17(25)8-10-18/h7-10,16H,5-6,11-14H2,1-4H3,(H,28,33). The molecular weight excluding hydrogens is 421 g/mol. The lowest BCUT2D eigenvalue weighted by Gasteiger charge is -2.37. The Bertz CT molecular complexity index is 1190. The quantitative estimate of drug-likeness (QED) is 0.656. The van der Waals surface area contributed by atoms with Gasteiger partial charge in [0.15, 0.2) is 5.65 Å². The van der Waals surface area contributed by atoms with Crippen molar-refractivity contribution < 1.29 is 9.18 Å². The third kappa shape index (κ3) is 4.36. The summed E-state index contributed by atoms with van der Waals surface area (Å²) in [6.07, 6.45) is 2.19. The maximum Gasteiger partial charge on any atom is 0.317 e. The Labute approximate surface area is 192 Å². The van der Waals surface area contributed by atoms with Crippen molar-refractivity contribution in [2.75, 3.05) is 31.1 Å². The number of rotatable bonds is 3. The molecule has 1 saturated heterocycles. The van der Waals surface area contributed by atoms with Crippen molar-refractivity contribution in [1.29, 1.82) is 0 Å². The average Bonchev–Trinajstić information content (AvgIpc) is 3.57. The van der Waals surface area contributed by atoms with E-state index in [9.17, 15) is 9.18 Å². The van der Waals surface area contributed by atoms with Crippen LogP contribution in [0.25, 0.3) is 16.7 Å². The van der Waals surface area contributed by atoms with Crippen molar-refractivity contribution in [2.24, 2.45) is 0 Å². The lowest BCUT2D eigenvalue weighted by molar-refractivity contribution is 0.185. The molecule has 174 valence electrons. The summed E-state index contributed by atoms with van der Waals surface area (Å²) in [6.45, 7) is 10.5. The highest BCUT2D eigenvalue weighted by molar-refractivity contribution is 5.91. The summed E-state index contributed by atoms with van der Waals surface area (Å²) in [4.78, 5) is 26.6. The Hall–Kier alpha value is -3.23. The molecule has 33 heavy (non-hydrogen) atoms. The van der Waals surface area contributed by atoms with Crippen LogP contribution in [0.4, 0.5) is 15.0 Å². The first-order valence-corrected chi connectivity index (χ1v) is 11.5. The molecule has 1 N–H and O–H groups in total. The molecule has 5 rings (SSSR count). The molecule has 9 heteroatoms. The minimum atomic E-state index is -0.283. The van der Waals surface area contributed by atoms with E-state index in [4.69, 9.17) is 15.1 Å². The van der Waals surface area contributed by atoms with Crippen LogP contribution in [0, 0.1) is 12.7 Å². The summed E-state index contributed by atoms with van der Waals surface area (Å²) in [5, 5.41) is 8.70. The highest BCUT2D eigenvalue weighted by Crippen LogP contribution is 2.40. The van der Waals surface area contributed by atoms with E-state index in [1.165, 1.54) is 12.1 Å². The van der Waals surface area contributed by atoms with Crippen LogP contribution in [-0.2, 0) is 0 Å². The van der Waals surface area contributed by atoms with Gasteiger partial charge in [-0.25, -0.2) is 23.8 Å². The van der Waals surface area contributed by atoms with Gasteiger partial charge in [-0.15, -0.1) is 0 Å². The summed E-state index contributed by atoms with van der Waals surface area (Å²) < 4.78 is 15.3. The number of amides is 2. The third-order valence-electron chi connectivity index (χ3n) is 6.06. The van der Waals surface area contributed by atoms with Gasteiger partial charge in [0.25, 0.3) is 0 Å². The van der Waals surface area contributed by atoms with Crippen molar-refractivity contribution >= 4 is 22.9 Å². The van der Waals surface area contributed by atoms with E-state index in [1.54, 1.807) is 16.8 Å². The van der Waals surface area contributed by atoms with Crippen molar-refractivity contribution in [1.82, 2.24) is 30.0 Å². The Kier molecular flexibility index (Phi) is 5.22. The van der Waals surface area contributed by atoms with Crippen molar-refractivity contribution in [2.45, 2.75) is 52.0 Å². The van der Waals surface area contributed by atoms with Crippen LogP contribution in [0.15, 0.2) is 24.3 Å². The molecule has 3 aromatic rings. The molecule has 0 atom stereocenters. The molecule has 8 nitrogen and oxygen atoms in total. The molecule has 2 amide bonds. The largest absolute Gasteiger partial charge is 0.352 e.